The number of oxazole rings is 1. The van der Waals surface area contributed by atoms with E-state index >= 15 is 0 Å². The Kier molecular flexibility index (Phi) is 4.34. The number of aromatic nitrogens is 1. The summed E-state index contributed by atoms with van der Waals surface area (Å²) in [5, 5.41) is 0.442. The van der Waals surface area contributed by atoms with E-state index in [9.17, 15) is 9.59 Å². The molecule has 0 aliphatic carbocycles. The quantitative estimate of drug-likeness (QED) is 0.696. The third-order valence-electron chi connectivity index (χ3n) is 4.54. The molecule has 1 aliphatic rings. The lowest BCUT2D eigenvalue weighted by molar-refractivity contribution is 0.0535. The maximum absolute atomic E-state index is 12.7. The maximum Gasteiger partial charge on any atom is 0.255 e. The predicted molar refractivity (Wildman–Crippen MR) is 97.3 cm³/mol. The van der Waals surface area contributed by atoms with Gasteiger partial charge in [0.1, 0.15) is 5.52 Å². The summed E-state index contributed by atoms with van der Waals surface area (Å²) in [6.07, 6.45) is 1.36. The number of fused-ring (bicyclic) bond motifs is 1. The zero-order chi connectivity index (χ0) is 18.1. The Bertz CT molecular complexity index is 977. The number of hydrogen-bond donors (Lipinski definition) is 0. The van der Waals surface area contributed by atoms with Crippen molar-refractivity contribution < 1.29 is 14.0 Å². The zero-order valence-corrected chi connectivity index (χ0v) is 14.6. The average molecular weight is 370 g/mol. The molecule has 7 heteroatoms. The highest BCUT2D eigenvalue weighted by molar-refractivity contribution is 6.33. The summed E-state index contributed by atoms with van der Waals surface area (Å²) in [5.74, 6) is -0.175. The summed E-state index contributed by atoms with van der Waals surface area (Å²) in [7, 11) is 0. The van der Waals surface area contributed by atoms with Crippen LogP contribution in [0.5, 0.6) is 0 Å². The molecule has 0 bridgehead atoms. The molecule has 0 atom stereocenters. The van der Waals surface area contributed by atoms with Crippen molar-refractivity contribution in [3.63, 3.8) is 0 Å². The van der Waals surface area contributed by atoms with Gasteiger partial charge in [0.25, 0.3) is 11.8 Å². The first-order valence-electron chi connectivity index (χ1n) is 8.30. The van der Waals surface area contributed by atoms with Gasteiger partial charge in [0, 0.05) is 31.7 Å². The molecule has 132 valence electrons. The minimum atomic E-state index is -0.105. The number of rotatable bonds is 2. The van der Waals surface area contributed by atoms with Crippen molar-refractivity contribution in [2.45, 2.75) is 0 Å². The standard InChI is InChI=1S/C19H16ClN3O3/c20-15-4-2-1-3-14(15)19(25)23-9-7-22(8-10-23)18(24)13-5-6-17-16(11-13)21-12-26-17/h1-6,11-12H,7-10H2. The molecule has 2 amide bonds. The van der Waals surface area contributed by atoms with Crippen molar-refractivity contribution >= 4 is 34.5 Å². The van der Waals surface area contributed by atoms with Crippen molar-refractivity contribution in [1.29, 1.82) is 0 Å². The van der Waals surface area contributed by atoms with Crippen LogP contribution in [-0.2, 0) is 0 Å². The molecule has 0 spiro atoms. The molecule has 3 aromatic rings. The fraction of sp³-hybridized carbons (Fsp3) is 0.211. The second-order valence-electron chi connectivity index (χ2n) is 6.10. The average Bonchev–Trinajstić information content (AvgIpc) is 3.15. The van der Waals surface area contributed by atoms with Gasteiger partial charge in [0.2, 0.25) is 0 Å². The number of carbonyl (C=O) groups is 2. The van der Waals surface area contributed by atoms with E-state index in [1.54, 1.807) is 52.3 Å². The monoisotopic (exact) mass is 369 g/mol. The van der Waals surface area contributed by atoms with E-state index in [1.807, 2.05) is 0 Å². The number of carbonyl (C=O) groups excluding carboxylic acids is 2. The lowest BCUT2D eigenvalue weighted by Crippen LogP contribution is -2.50. The van der Waals surface area contributed by atoms with Crippen molar-refractivity contribution in [1.82, 2.24) is 14.8 Å². The molecule has 2 heterocycles. The van der Waals surface area contributed by atoms with Crippen LogP contribution in [0.4, 0.5) is 0 Å². The second-order valence-corrected chi connectivity index (χ2v) is 6.51. The normalized spacial score (nSPS) is 14.7. The van der Waals surface area contributed by atoms with Gasteiger partial charge >= 0.3 is 0 Å². The molecule has 6 nitrogen and oxygen atoms in total. The Morgan fingerprint density at radius 3 is 2.38 bits per heavy atom. The Hall–Kier alpha value is -2.86. The van der Waals surface area contributed by atoms with Gasteiger partial charge in [-0.3, -0.25) is 9.59 Å². The van der Waals surface area contributed by atoms with Crippen LogP contribution in [-0.4, -0.2) is 52.8 Å². The molecule has 1 fully saturated rings. The summed E-state index contributed by atoms with van der Waals surface area (Å²) in [6, 6.07) is 12.2. The van der Waals surface area contributed by atoms with Gasteiger partial charge in [-0.2, -0.15) is 0 Å². The largest absolute Gasteiger partial charge is 0.443 e. The number of piperazine rings is 1. The Morgan fingerprint density at radius 2 is 1.65 bits per heavy atom. The first kappa shape index (κ1) is 16.6. The van der Waals surface area contributed by atoms with Crippen LogP contribution in [0.2, 0.25) is 5.02 Å². The first-order chi connectivity index (χ1) is 12.6. The van der Waals surface area contributed by atoms with Gasteiger partial charge in [-0.1, -0.05) is 23.7 Å². The van der Waals surface area contributed by atoms with Gasteiger partial charge in [-0.25, -0.2) is 4.98 Å². The fourth-order valence-corrected chi connectivity index (χ4v) is 3.31. The van der Waals surface area contributed by atoms with E-state index in [2.05, 4.69) is 4.98 Å². The molecule has 1 saturated heterocycles. The molecule has 0 N–H and O–H groups in total. The first-order valence-corrected chi connectivity index (χ1v) is 8.67. The van der Waals surface area contributed by atoms with Crippen molar-refractivity contribution in [2.75, 3.05) is 26.2 Å². The minimum absolute atomic E-state index is 0.0697. The summed E-state index contributed by atoms with van der Waals surface area (Å²) in [4.78, 5) is 32.9. The number of nitrogens with zero attached hydrogens (tertiary/aromatic N) is 3. The van der Waals surface area contributed by atoms with Crippen molar-refractivity contribution in [3.05, 3.63) is 65.0 Å². The number of halogens is 1. The Labute approximate surface area is 155 Å². The van der Waals surface area contributed by atoms with Gasteiger partial charge in [-0.05, 0) is 30.3 Å². The molecule has 4 rings (SSSR count). The van der Waals surface area contributed by atoms with E-state index in [4.69, 9.17) is 16.0 Å². The highest BCUT2D eigenvalue weighted by atomic mass is 35.5. The van der Waals surface area contributed by atoms with Gasteiger partial charge in [0.15, 0.2) is 12.0 Å². The Morgan fingerprint density at radius 1 is 0.962 bits per heavy atom. The predicted octanol–water partition coefficient (Wildman–Crippen LogP) is 3.08. The number of hydrogen-bond acceptors (Lipinski definition) is 4. The van der Waals surface area contributed by atoms with Crippen LogP contribution in [0.3, 0.4) is 0 Å². The fourth-order valence-electron chi connectivity index (χ4n) is 3.09. The highest BCUT2D eigenvalue weighted by Crippen LogP contribution is 2.19. The summed E-state index contributed by atoms with van der Waals surface area (Å²) >= 11 is 6.11. The van der Waals surface area contributed by atoms with Crippen molar-refractivity contribution in [3.8, 4) is 0 Å². The summed E-state index contributed by atoms with van der Waals surface area (Å²) < 4.78 is 5.20. The molecular weight excluding hydrogens is 354 g/mol. The maximum atomic E-state index is 12.7. The SMILES string of the molecule is O=C(c1ccc2ocnc2c1)N1CCN(C(=O)c2ccccc2Cl)CC1. The molecule has 2 aromatic carbocycles. The summed E-state index contributed by atoms with van der Waals surface area (Å²) in [6.45, 7) is 1.90. The molecule has 1 aromatic heterocycles. The zero-order valence-electron chi connectivity index (χ0n) is 13.9. The number of amides is 2. The van der Waals surface area contributed by atoms with Crippen LogP contribution in [0, 0.1) is 0 Å². The molecule has 0 unspecified atom stereocenters. The van der Waals surface area contributed by atoms with Crippen molar-refractivity contribution in [2.24, 2.45) is 0 Å². The molecule has 1 aliphatic heterocycles. The second kappa shape index (κ2) is 6.80. The van der Waals surface area contributed by atoms with Crippen LogP contribution in [0.1, 0.15) is 20.7 Å². The molecule has 0 saturated carbocycles. The smallest absolute Gasteiger partial charge is 0.255 e. The highest BCUT2D eigenvalue weighted by Gasteiger charge is 2.26. The van der Waals surface area contributed by atoms with E-state index in [-0.39, 0.29) is 11.8 Å². The van der Waals surface area contributed by atoms with Gasteiger partial charge in [0.05, 0.1) is 10.6 Å². The van der Waals surface area contributed by atoms with E-state index in [0.717, 1.165) is 0 Å². The molecule has 26 heavy (non-hydrogen) atoms. The van der Waals surface area contributed by atoms with Crippen LogP contribution in [0.25, 0.3) is 11.1 Å². The molecule has 0 radical (unpaired) electrons. The van der Waals surface area contributed by atoms with Crippen LogP contribution < -0.4 is 0 Å². The third kappa shape index (κ3) is 3.04. The van der Waals surface area contributed by atoms with E-state index < -0.39 is 0 Å². The Balaban J connectivity index is 1.43. The van der Waals surface area contributed by atoms with Crippen LogP contribution in [0.15, 0.2) is 53.3 Å². The lowest BCUT2D eigenvalue weighted by Gasteiger charge is -2.35. The lowest BCUT2D eigenvalue weighted by atomic mass is 10.1. The summed E-state index contributed by atoms with van der Waals surface area (Å²) in [5.41, 5.74) is 2.36. The minimum Gasteiger partial charge on any atom is -0.443 e. The van der Waals surface area contributed by atoms with E-state index in [0.29, 0.717) is 53.4 Å². The van der Waals surface area contributed by atoms with E-state index in [1.165, 1.54) is 6.39 Å². The number of benzene rings is 2. The topological polar surface area (TPSA) is 66.7 Å². The van der Waals surface area contributed by atoms with Crippen LogP contribution >= 0.6 is 11.6 Å². The van der Waals surface area contributed by atoms with Gasteiger partial charge in [-0.15, -0.1) is 0 Å². The third-order valence-corrected chi connectivity index (χ3v) is 4.87. The van der Waals surface area contributed by atoms with Gasteiger partial charge < -0.3 is 14.2 Å². The molecular formula is C19H16ClN3O3.